The van der Waals surface area contributed by atoms with Crippen molar-refractivity contribution in [3.05, 3.63) is 30.9 Å². The van der Waals surface area contributed by atoms with Crippen LogP contribution in [0, 0.1) is 0 Å². The molecule has 90 valence electrons. The summed E-state index contributed by atoms with van der Waals surface area (Å²) < 4.78 is 3.64. The fraction of sp³-hybridized carbons (Fsp3) is 0.182. The fourth-order valence-corrected chi connectivity index (χ4v) is 1.71. The average molecular weight is 241 g/mol. The molecular weight excluding hydrogens is 230 g/mol. The number of aryl methyl sites for hydroxylation is 2. The highest BCUT2D eigenvalue weighted by molar-refractivity contribution is 5.57. The molecule has 0 aliphatic heterocycles. The van der Waals surface area contributed by atoms with Gasteiger partial charge in [0.2, 0.25) is 0 Å². The van der Waals surface area contributed by atoms with Crippen molar-refractivity contribution in [2.24, 2.45) is 14.1 Å². The second kappa shape index (κ2) is 4.02. The molecule has 0 saturated heterocycles. The van der Waals surface area contributed by atoms with E-state index in [1.165, 1.54) is 0 Å². The Kier molecular flexibility index (Phi) is 2.36. The van der Waals surface area contributed by atoms with Gasteiger partial charge in [0, 0.05) is 14.1 Å². The normalized spacial score (nSPS) is 10.8. The molecule has 3 rings (SSSR count). The van der Waals surface area contributed by atoms with E-state index >= 15 is 0 Å². The van der Waals surface area contributed by atoms with E-state index in [1.54, 1.807) is 12.7 Å². The standard InChI is InChI=1S/C11H11N7/c1-17-6-12-15-10(17)8-4-3-5-9(14-8)11-16-13-7-18(11)2/h3-7H,1-2H3. The predicted octanol–water partition coefficient (Wildman–Crippen LogP) is 0.673. The van der Waals surface area contributed by atoms with E-state index in [4.69, 9.17) is 0 Å². The summed E-state index contributed by atoms with van der Waals surface area (Å²) in [5, 5.41) is 15.8. The van der Waals surface area contributed by atoms with Crippen LogP contribution in [-0.2, 0) is 14.1 Å². The van der Waals surface area contributed by atoms with E-state index in [2.05, 4.69) is 25.4 Å². The van der Waals surface area contributed by atoms with Gasteiger partial charge in [-0.05, 0) is 12.1 Å². The monoisotopic (exact) mass is 241 g/mol. The summed E-state index contributed by atoms with van der Waals surface area (Å²) in [6, 6.07) is 5.70. The van der Waals surface area contributed by atoms with E-state index < -0.39 is 0 Å². The molecule has 0 aromatic carbocycles. The summed E-state index contributed by atoms with van der Waals surface area (Å²) in [5.41, 5.74) is 1.52. The predicted molar refractivity (Wildman–Crippen MR) is 64.2 cm³/mol. The minimum absolute atomic E-state index is 0.721. The summed E-state index contributed by atoms with van der Waals surface area (Å²) in [6.07, 6.45) is 3.29. The SMILES string of the molecule is Cn1cnnc1-c1cccc(-c2nncn2C)n1. The van der Waals surface area contributed by atoms with E-state index in [0.29, 0.717) is 0 Å². The van der Waals surface area contributed by atoms with Crippen molar-refractivity contribution in [3.8, 4) is 23.0 Å². The highest BCUT2D eigenvalue weighted by Crippen LogP contribution is 2.18. The van der Waals surface area contributed by atoms with Crippen LogP contribution >= 0.6 is 0 Å². The summed E-state index contributed by atoms with van der Waals surface area (Å²) in [7, 11) is 3.76. The first-order valence-corrected chi connectivity index (χ1v) is 5.41. The Morgan fingerprint density at radius 2 is 1.33 bits per heavy atom. The van der Waals surface area contributed by atoms with Crippen LogP contribution in [0.5, 0.6) is 0 Å². The number of aromatic nitrogens is 7. The molecule has 0 amide bonds. The van der Waals surface area contributed by atoms with Crippen molar-refractivity contribution in [2.45, 2.75) is 0 Å². The molecule has 0 aliphatic rings. The smallest absolute Gasteiger partial charge is 0.182 e. The maximum absolute atomic E-state index is 4.53. The van der Waals surface area contributed by atoms with E-state index in [1.807, 2.05) is 41.4 Å². The van der Waals surface area contributed by atoms with Crippen molar-refractivity contribution < 1.29 is 0 Å². The van der Waals surface area contributed by atoms with Gasteiger partial charge in [-0.25, -0.2) is 4.98 Å². The van der Waals surface area contributed by atoms with Crippen molar-refractivity contribution in [1.82, 2.24) is 34.5 Å². The zero-order chi connectivity index (χ0) is 12.5. The van der Waals surface area contributed by atoms with Crippen LogP contribution in [0.1, 0.15) is 0 Å². The quantitative estimate of drug-likeness (QED) is 0.659. The minimum Gasteiger partial charge on any atom is -0.315 e. The molecule has 0 spiro atoms. The Balaban J connectivity index is 2.11. The van der Waals surface area contributed by atoms with Crippen LogP contribution in [0.3, 0.4) is 0 Å². The third-order valence-corrected chi connectivity index (χ3v) is 2.63. The lowest BCUT2D eigenvalue weighted by Crippen LogP contribution is -1.98. The minimum atomic E-state index is 0.721. The lowest BCUT2D eigenvalue weighted by Gasteiger charge is -2.03. The molecule has 7 nitrogen and oxygen atoms in total. The Morgan fingerprint density at radius 1 is 0.833 bits per heavy atom. The maximum atomic E-state index is 4.53. The van der Waals surface area contributed by atoms with Gasteiger partial charge < -0.3 is 9.13 Å². The highest BCUT2D eigenvalue weighted by Gasteiger charge is 2.10. The van der Waals surface area contributed by atoms with Crippen LogP contribution in [0.25, 0.3) is 23.0 Å². The Hall–Kier alpha value is -2.57. The zero-order valence-electron chi connectivity index (χ0n) is 10.0. The third kappa shape index (κ3) is 1.65. The van der Waals surface area contributed by atoms with Crippen LogP contribution in [0.15, 0.2) is 30.9 Å². The molecular formula is C11H11N7. The molecule has 3 aromatic heterocycles. The molecule has 0 N–H and O–H groups in total. The highest BCUT2D eigenvalue weighted by atomic mass is 15.3. The van der Waals surface area contributed by atoms with Gasteiger partial charge in [0.1, 0.15) is 24.0 Å². The van der Waals surface area contributed by atoms with Crippen molar-refractivity contribution >= 4 is 0 Å². The van der Waals surface area contributed by atoms with Gasteiger partial charge in [0.05, 0.1) is 0 Å². The maximum Gasteiger partial charge on any atom is 0.182 e. The Morgan fingerprint density at radius 3 is 1.72 bits per heavy atom. The summed E-state index contributed by atoms with van der Waals surface area (Å²) in [6.45, 7) is 0. The first-order valence-electron chi connectivity index (χ1n) is 5.41. The summed E-state index contributed by atoms with van der Waals surface area (Å²) in [5.74, 6) is 1.44. The van der Waals surface area contributed by atoms with Gasteiger partial charge in [0.15, 0.2) is 11.6 Å². The van der Waals surface area contributed by atoms with E-state index in [-0.39, 0.29) is 0 Å². The Labute approximate surface area is 103 Å². The van der Waals surface area contributed by atoms with Gasteiger partial charge in [0.25, 0.3) is 0 Å². The van der Waals surface area contributed by atoms with Crippen molar-refractivity contribution in [1.29, 1.82) is 0 Å². The van der Waals surface area contributed by atoms with E-state index in [0.717, 1.165) is 23.0 Å². The average Bonchev–Trinajstić information content (AvgIpc) is 2.98. The lowest BCUT2D eigenvalue weighted by molar-refractivity contribution is 0.905. The molecule has 0 aliphatic carbocycles. The molecule has 18 heavy (non-hydrogen) atoms. The van der Waals surface area contributed by atoms with E-state index in [9.17, 15) is 0 Å². The molecule has 0 unspecified atom stereocenters. The van der Waals surface area contributed by atoms with Gasteiger partial charge in [-0.15, -0.1) is 20.4 Å². The third-order valence-electron chi connectivity index (χ3n) is 2.63. The molecule has 3 heterocycles. The summed E-state index contributed by atoms with van der Waals surface area (Å²) in [4.78, 5) is 4.53. The second-order valence-corrected chi connectivity index (χ2v) is 3.94. The van der Waals surface area contributed by atoms with Crippen LogP contribution in [0.4, 0.5) is 0 Å². The van der Waals surface area contributed by atoms with Gasteiger partial charge in [-0.1, -0.05) is 6.07 Å². The lowest BCUT2D eigenvalue weighted by atomic mass is 10.3. The molecule has 0 radical (unpaired) electrons. The second-order valence-electron chi connectivity index (χ2n) is 3.94. The molecule has 7 heteroatoms. The number of nitrogens with zero attached hydrogens (tertiary/aromatic N) is 7. The summed E-state index contributed by atoms with van der Waals surface area (Å²) >= 11 is 0. The van der Waals surface area contributed by atoms with Gasteiger partial charge >= 0.3 is 0 Å². The molecule has 0 bridgehead atoms. The van der Waals surface area contributed by atoms with Crippen LogP contribution in [-0.4, -0.2) is 34.5 Å². The fourth-order valence-electron chi connectivity index (χ4n) is 1.71. The van der Waals surface area contributed by atoms with Crippen molar-refractivity contribution in [3.63, 3.8) is 0 Å². The molecule has 0 fully saturated rings. The van der Waals surface area contributed by atoms with Crippen LogP contribution < -0.4 is 0 Å². The van der Waals surface area contributed by atoms with Gasteiger partial charge in [-0.2, -0.15) is 0 Å². The molecule has 3 aromatic rings. The van der Waals surface area contributed by atoms with Gasteiger partial charge in [-0.3, -0.25) is 0 Å². The number of hydrogen-bond donors (Lipinski definition) is 0. The zero-order valence-corrected chi connectivity index (χ0v) is 10.0. The Bertz CT molecular complexity index is 627. The number of pyridine rings is 1. The topological polar surface area (TPSA) is 74.3 Å². The number of rotatable bonds is 2. The molecule has 0 atom stereocenters. The number of hydrogen-bond acceptors (Lipinski definition) is 5. The largest absolute Gasteiger partial charge is 0.315 e. The van der Waals surface area contributed by atoms with Crippen molar-refractivity contribution in [2.75, 3.05) is 0 Å². The first kappa shape index (κ1) is 10.6. The molecule has 0 saturated carbocycles. The van der Waals surface area contributed by atoms with Crippen LogP contribution in [0.2, 0.25) is 0 Å². The first-order chi connectivity index (χ1) is 8.75.